The van der Waals surface area contributed by atoms with Crippen LogP contribution in [0.25, 0.3) is 11.2 Å². The number of aromatic amines is 1. The lowest BCUT2D eigenvalue weighted by Crippen LogP contribution is -2.29. The van der Waals surface area contributed by atoms with Crippen LogP contribution >= 0.6 is 0 Å². The molecule has 0 bridgehead atoms. The minimum Gasteiger partial charge on any atom is -0.390 e. The second kappa shape index (κ2) is 7.76. The molecule has 8 nitrogen and oxygen atoms in total. The van der Waals surface area contributed by atoms with Gasteiger partial charge in [0.2, 0.25) is 0 Å². The van der Waals surface area contributed by atoms with Gasteiger partial charge in [-0.1, -0.05) is 19.8 Å². The number of aliphatic hydroxyl groups is 2. The van der Waals surface area contributed by atoms with Crippen molar-refractivity contribution in [3.63, 3.8) is 0 Å². The maximum atomic E-state index is 11.9. The molecule has 134 valence electrons. The molecule has 0 radical (unpaired) electrons. The Labute approximate surface area is 139 Å². The molecule has 0 amide bonds. The van der Waals surface area contributed by atoms with Crippen molar-refractivity contribution in [2.45, 2.75) is 57.7 Å². The highest BCUT2D eigenvalue weighted by Crippen LogP contribution is 2.13. The van der Waals surface area contributed by atoms with E-state index in [0.717, 1.165) is 25.1 Å². The Morgan fingerprint density at radius 3 is 2.46 bits per heavy atom. The third-order valence-electron chi connectivity index (χ3n) is 4.49. The topological polar surface area (TPSA) is 113 Å². The number of hydrogen-bond acceptors (Lipinski definition) is 5. The van der Waals surface area contributed by atoms with E-state index in [2.05, 4.69) is 9.97 Å². The van der Waals surface area contributed by atoms with Gasteiger partial charge < -0.3 is 14.8 Å². The molecule has 2 aromatic heterocycles. The van der Waals surface area contributed by atoms with Gasteiger partial charge in [-0.05, 0) is 19.3 Å². The molecule has 0 aliphatic heterocycles. The number of aryl methyl sites for hydroxylation is 3. The van der Waals surface area contributed by atoms with Crippen molar-refractivity contribution in [3.8, 4) is 0 Å². The molecule has 2 heterocycles. The van der Waals surface area contributed by atoms with Gasteiger partial charge in [0.15, 0.2) is 11.2 Å². The standard InChI is InChI=1S/C16H26N4O4/c1-4-10(21)11(22)8-6-5-7-9-12-17-14-13(19(12)2)15(23)18-16(24)20(14)3/h10-11,21-22H,4-9H2,1-3H3,(H,18,23,24). The van der Waals surface area contributed by atoms with Gasteiger partial charge in [-0.15, -0.1) is 0 Å². The molecule has 0 spiro atoms. The maximum absolute atomic E-state index is 11.9. The lowest BCUT2D eigenvalue weighted by atomic mass is 10.0. The number of fused-ring (bicyclic) bond motifs is 1. The van der Waals surface area contributed by atoms with Crippen molar-refractivity contribution >= 4 is 11.2 Å². The van der Waals surface area contributed by atoms with E-state index in [-0.39, 0.29) is 0 Å². The van der Waals surface area contributed by atoms with E-state index in [1.807, 2.05) is 6.92 Å². The highest BCUT2D eigenvalue weighted by molar-refractivity contribution is 5.70. The summed E-state index contributed by atoms with van der Waals surface area (Å²) in [5.41, 5.74) is -0.108. The zero-order valence-corrected chi connectivity index (χ0v) is 14.4. The van der Waals surface area contributed by atoms with E-state index in [1.54, 1.807) is 18.7 Å². The smallest absolute Gasteiger partial charge is 0.329 e. The largest absolute Gasteiger partial charge is 0.390 e. The summed E-state index contributed by atoms with van der Waals surface area (Å²) >= 11 is 0. The number of nitrogens with zero attached hydrogens (tertiary/aromatic N) is 3. The summed E-state index contributed by atoms with van der Waals surface area (Å²) in [5, 5.41) is 19.3. The van der Waals surface area contributed by atoms with E-state index < -0.39 is 23.5 Å². The number of aromatic nitrogens is 4. The van der Waals surface area contributed by atoms with Gasteiger partial charge in [0.25, 0.3) is 5.56 Å². The zero-order chi connectivity index (χ0) is 17.9. The molecule has 8 heteroatoms. The number of hydrogen-bond donors (Lipinski definition) is 3. The Bertz CT molecular complexity index is 805. The zero-order valence-electron chi connectivity index (χ0n) is 14.4. The summed E-state index contributed by atoms with van der Waals surface area (Å²) in [6.07, 6.45) is 3.06. The van der Waals surface area contributed by atoms with Crippen molar-refractivity contribution in [2.75, 3.05) is 0 Å². The van der Waals surface area contributed by atoms with Crippen molar-refractivity contribution in [1.29, 1.82) is 0 Å². The molecule has 2 unspecified atom stereocenters. The van der Waals surface area contributed by atoms with Crippen LogP contribution in [0.1, 0.15) is 44.9 Å². The van der Waals surface area contributed by atoms with E-state index in [1.165, 1.54) is 4.57 Å². The Hall–Kier alpha value is -1.93. The Morgan fingerprint density at radius 1 is 1.08 bits per heavy atom. The highest BCUT2D eigenvalue weighted by atomic mass is 16.3. The van der Waals surface area contributed by atoms with Gasteiger partial charge in [0.05, 0.1) is 12.2 Å². The molecule has 2 aromatic rings. The van der Waals surface area contributed by atoms with Crippen LogP contribution < -0.4 is 11.2 Å². The molecule has 0 aliphatic carbocycles. The van der Waals surface area contributed by atoms with Crippen LogP contribution in [0.3, 0.4) is 0 Å². The van der Waals surface area contributed by atoms with Crippen molar-refractivity contribution < 1.29 is 10.2 Å². The minimum atomic E-state index is -0.668. The summed E-state index contributed by atoms with van der Waals surface area (Å²) in [7, 11) is 3.35. The van der Waals surface area contributed by atoms with Gasteiger partial charge in [-0.3, -0.25) is 14.3 Å². The number of H-pyrrole nitrogens is 1. The molecule has 24 heavy (non-hydrogen) atoms. The molecule has 2 rings (SSSR count). The third-order valence-corrected chi connectivity index (χ3v) is 4.49. The average molecular weight is 338 g/mol. The summed E-state index contributed by atoms with van der Waals surface area (Å²) in [6, 6.07) is 0. The lowest BCUT2D eigenvalue weighted by Gasteiger charge is -2.15. The molecule has 0 saturated heterocycles. The third kappa shape index (κ3) is 3.76. The van der Waals surface area contributed by atoms with Crippen LogP contribution in [-0.2, 0) is 20.5 Å². The molecule has 3 N–H and O–H groups in total. The molecule has 2 atom stereocenters. The Kier molecular flexibility index (Phi) is 5.95. The fraction of sp³-hybridized carbons (Fsp3) is 0.688. The number of imidazole rings is 1. The number of rotatable bonds is 8. The fourth-order valence-corrected chi connectivity index (χ4v) is 2.85. The Balaban J connectivity index is 1.98. The van der Waals surface area contributed by atoms with E-state index >= 15 is 0 Å². The van der Waals surface area contributed by atoms with E-state index in [9.17, 15) is 19.8 Å². The highest BCUT2D eigenvalue weighted by Gasteiger charge is 2.15. The summed E-state index contributed by atoms with van der Waals surface area (Å²) in [4.78, 5) is 30.3. The van der Waals surface area contributed by atoms with Crippen molar-refractivity contribution in [3.05, 3.63) is 26.7 Å². The second-order valence-corrected chi connectivity index (χ2v) is 6.22. The SMILES string of the molecule is CCC(O)C(O)CCCCCc1nc2c(c(=O)[nH]c(=O)n2C)n1C. The first-order valence-corrected chi connectivity index (χ1v) is 8.37. The summed E-state index contributed by atoms with van der Waals surface area (Å²) in [6.45, 7) is 1.84. The minimum absolute atomic E-state index is 0.391. The average Bonchev–Trinajstić information content (AvgIpc) is 2.88. The Morgan fingerprint density at radius 2 is 1.79 bits per heavy atom. The fourth-order valence-electron chi connectivity index (χ4n) is 2.85. The molecular weight excluding hydrogens is 312 g/mol. The van der Waals surface area contributed by atoms with Gasteiger partial charge in [-0.25, -0.2) is 9.78 Å². The first-order chi connectivity index (χ1) is 11.4. The predicted octanol–water partition coefficient (Wildman–Crippen LogP) is 0.195. The second-order valence-electron chi connectivity index (χ2n) is 6.22. The van der Waals surface area contributed by atoms with Crippen LogP contribution in [-0.4, -0.2) is 41.5 Å². The number of nitrogens with one attached hydrogen (secondary N) is 1. The quantitative estimate of drug-likeness (QED) is 0.595. The monoisotopic (exact) mass is 338 g/mol. The number of aliphatic hydroxyl groups excluding tert-OH is 2. The molecule has 0 saturated carbocycles. The van der Waals surface area contributed by atoms with Gasteiger partial charge >= 0.3 is 5.69 Å². The summed E-state index contributed by atoms with van der Waals surface area (Å²) in [5.74, 6) is 0.755. The van der Waals surface area contributed by atoms with Crippen LogP contribution in [0.5, 0.6) is 0 Å². The molecule has 0 aliphatic rings. The first kappa shape index (κ1) is 18.4. The van der Waals surface area contributed by atoms with Crippen LogP contribution in [0.15, 0.2) is 9.59 Å². The number of unbranched alkanes of at least 4 members (excludes halogenated alkanes) is 2. The molecular formula is C16H26N4O4. The van der Waals surface area contributed by atoms with Gasteiger partial charge in [-0.2, -0.15) is 0 Å². The molecule has 0 aromatic carbocycles. The van der Waals surface area contributed by atoms with E-state index in [4.69, 9.17) is 0 Å². The van der Waals surface area contributed by atoms with Crippen LogP contribution in [0.4, 0.5) is 0 Å². The van der Waals surface area contributed by atoms with E-state index in [0.29, 0.717) is 30.4 Å². The lowest BCUT2D eigenvalue weighted by molar-refractivity contribution is 0.0114. The maximum Gasteiger partial charge on any atom is 0.329 e. The first-order valence-electron chi connectivity index (χ1n) is 8.37. The van der Waals surface area contributed by atoms with Crippen molar-refractivity contribution in [2.24, 2.45) is 14.1 Å². The van der Waals surface area contributed by atoms with Gasteiger partial charge in [0, 0.05) is 20.5 Å². The van der Waals surface area contributed by atoms with Crippen LogP contribution in [0.2, 0.25) is 0 Å². The predicted molar refractivity (Wildman–Crippen MR) is 91.1 cm³/mol. The summed E-state index contributed by atoms with van der Waals surface area (Å²) < 4.78 is 3.06. The normalized spacial score (nSPS) is 14.2. The van der Waals surface area contributed by atoms with Gasteiger partial charge in [0.1, 0.15) is 5.82 Å². The van der Waals surface area contributed by atoms with Crippen molar-refractivity contribution in [1.82, 2.24) is 19.1 Å². The van der Waals surface area contributed by atoms with Crippen LogP contribution in [0, 0.1) is 0 Å². The molecule has 0 fully saturated rings.